The number of hydrogen-bond acceptors (Lipinski definition) is 2. The fraction of sp³-hybridized carbons (Fsp3) is 1.00. The first-order valence-corrected chi connectivity index (χ1v) is 4.31. The molecule has 1 fully saturated rings. The zero-order valence-corrected chi connectivity index (χ0v) is 7.23. The summed E-state index contributed by atoms with van der Waals surface area (Å²) >= 11 is 3.39. The molecule has 1 aliphatic heterocycles. The molecule has 1 saturated heterocycles. The molecule has 0 amide bonds. The Morgan fingerprint density at radius 3 is 3.00 bits per heavy atom. The van der Waals surface area contributed by atoms with Crippen LogP contribution in [0.15, 0.2) is 0 Å². The summed E-state index contributed by atoms with van der Waals surface area (Å²) in [5.74, 6) is 0. The maximum Gasteiger partial charge on any atom is 0.0799 e. The van der Waals surface area contributed by atoms with Crippen molar-refractivity contribution in [2.45, 2.75) is 6.10 Å². The van der Waals surface area contributed by atoms with Gasteiger partial charge in [0.15, 0.2) is 0 Å². The molecule has 0 aromatic carbocycles. The predicted octanol–water partition coefficient (Wildman–Crippen LogP) is 0.712. The Morgan fingerprint density at radius 2 is 2.56 bits per heavy atom. The Morgan fingerprint density at radius 1 is 1.78 bits per heavy atom. The van der Waals surface area contributed by atoms with E-state index in [1.807, 2.05) is 0 Å². The van der Waals surface area contributed by atoms with Crippen molar-refractivity contribution in [1.29, 1.82) is 0 Å². The maximum atomic E-state index is 5.41. The second-order valence-corrected chi connectivity index (χ2v) is 3.06. The molecule has 9 heavy (non-hydrogen) atoms. The van der Waals surface area contributed by atoms with Gasteiger partial charge in [-0.15, -0.1) is 0 Å². The molecule has 0 aliphatic carbocycles. The molecule has 54 valence electrons. The summed E-state index contributed by atoms with van der Waals surface area (Å²) < 4.78 is 5.41. The fourth-order valence-corrected chi connectivity index (χ4v) is 1.35. The number of nitrogens with zero attached hydrogens (tertiary/aromatic N) is 1. The highest BCUT2D eigenvalue weighted by atomic mass is 79.9. The van der Waals surface area contributed by atoms with Crippen molar-refractivity contribution >= 4 is 15.9 Å². The van der Waals surface area contributed by atoms with E-state index in [1.54, 1.807) is 0 Å². The third-order valence-electron chi connectivity index (χ3n) is 1.51. The molecule has 0 N–H and O–H groups in total. The number of hydrogen-bond donors (Lipinski definition) is 0. The molecule has 3 heteroatoms. The van der Waals surface area contributed by atoms with Crippen molar-refractivity contribution in [1.82, 2.24) is 4.90 Å². The van der Waals surface area contributed by atoms with E-state index in [1.165, 1.54) is 0 Å². The van der Waals surface area contributed by atoms with Crippen LogP contribution in [0.3, 0.4) is 0 Å². The van der Waals surface area contributed by atoms with Crippen molar-refractivity contribution in [3.63, 3.8) is 0 Å². The lowest BCUT2D eigenvalue weighted by atomic mass is 10.3. The van der Waals surface area contributed by atoms with Gasteiger partial charge in [0.2, 0.25) is 0 Å². The lowest BCUT2D eigenvalue weighted by molar-refractivity contribution is -0.00535. The van der Waals surface area contributed by atoms with E-state index in [4.69, 9.17) is 4.74 Å². The minimum atomic E-state index is 0.406. The molecular formula is C6H12BrNO. The van der Waals surface area contributed by atoms with Crippen LogP contribution in [0.25, 0.3) is 0 Å². The molecule has 0 spiro atoms. The second-order valence-electron chi connectivity index (χ2n) is 2.41. The number of morpholine rings is 1. The third-order valence-corrected chi connectivity index (χ3v) is 2.24. The SMILES string of the molecule is CN1CCO[C@H](CBr)C1. The van der Waals surface area contributed by atoms with E-state index < -0.39 is 0 Å². The Kier molecular flexibility index (Phi) is 2.95. The molecule has 0 unspecified atom stereocenters. The monoisotopic (exact) mass is 193 g/mol. The van der Waals surface area contributed by atoms with Crippen LogP contribution < -0.4 is 0 Å². The molecular weight excluding hydrogens is 182 g/mol. The Balaban J connectivity index is 2.23. The van der Waals surface area contributed by atoms with Gasteiger partial charge in [-0.05, 0) is 7.05 Å². The summed E-state index contributed by atoms with van der Waals surface area (Å²) in [4.78, 5) is 2.29. The number of rotatable bonds is 1. The van der Waals surface area contributed by atoms with Crippen molar-refractivity contribution in [3.8, 4) is 0 Å². The van der Waals surface area contributed by atoms with Crippen LogP contribution in [0.4, 0.5) is 0 Å². The van der Waals surface area contributed by atoms with Gasteiger partial charge in [-0.25, -0.2) is 0 Å². The average Bonchev–Trinajstić information content (AvgIpc) is 1.88. The maximum absolute atomic E-state index is 5.41. The van der Waals surface area contributed by atoms with Gasteiger partial charge in [0.1, 0.15) is 0 Å². The van der Waals surface area contributed by atoms with E-state index in [9.17, 15) is 0 Å². The zero-order chi connectivity index (χ0) is 6.69. The molecule has 2 nitrogen and oxygen atoms in total. The minimum absolute atomic E-state index is 0.406. The molecule has 1 heterocycles. The summed E-state index contributed by atoms with van der Waals surface area (Å²) in [6.45, 7) is 3.02. The Hall–Kier alpha value is 0.400. The first kappa shape index (κ1) is 7.51. The van der Waals surface area contributed by atoms with Crippen LogP contribution in [0.2, 0.25) is 0 Å². The van der Waals surface area contributed by atoms with Crippen molar-refractivity contribution in [2.75, 3.05) is 32.1 Å². The molecule has 1 aliphatic rings. The fourth-order valence-electron chi connectivity index (χ4n) is 0.960. The molecule has 0 aromatic rings. The summed E-state index contributed by atoms with van der Waals surface area (Å²) in [7, 11) is 2.12. The van der Waals surface area contributed by atoms with Crippen molar-refractivity contribution in [2.24, 2.45) is 0 Å². The van der Waals surface area contributed by atoms with Crippen LogP contribution >= 0.6 is 15.9 Å². The quantitative estimate of drug-likeness (QED) is 0.570. The number of alkyl halides is 1. The first-order valence-electron chi connectivity index (χ1n) is 3.19. The molecule has 1 atom stereocenters. The number of ether oxygens (including phenoxy) is 1. The summed E-state index contributed by atoms with van der Waals surface area (Å²) in [6, 6.07) is 0. The second kappa shape index (κ2) is 3.54. The molecule has 1 rings (SSSR count). The van der Waals surface area contributed by atoms with E-state index in [0.717, 1.165) is 25.0 Å². The molecule has 0 radical (unpaired) electrons. The minimum Gasteiger partial charge on any atom is -0.375 e. The summed E-state index contributed by atoms with van der Waals surface area (Å²) in [6.07, 6.45) is 0.406. The van der Waals surface area contributed by atoms with Crippen LogP contribution in [-0.2, 0) is 4.74 Å². The predicted molar refractivity (Wildman–Crippen MR) is 41.0 cm³/mol. The van der Waals surface area contributed by atoms with Crippen molar-refractivity contribution < 1.29 is 4.74 Å². The van der Waals surface area contributed by atoms with E-state index in [-0.39, 0.29) is 0 Å². The van der Waals surface area contributed by atoms with Gasteiger partial charge in [-0.2, -0.15) is 0 Å². The summed E-state index contributed by atoms with van der Waals surface area (Å²) in [5.41, 5.74) is 0. The Labute approximate surface area is 64.3 Å². The molecule has 0 aromatic heterocycles. The van der Waals surface area contributed by atoms with Gasteiger partial charge in [0.05, 0.1) is 12.7 Å². The lowest BCUT2D eigenvalue weighted by Gasteiger charge is -2.28. The van der Waals surface area contributed by atoms with Gasteiger partial charge >= 0.3 is 0 Å². The Bertz CT molecular complexity index is 89.1. The van der Waals surface area contributed by atoms with E-state index in [0.29, 0.717) is 6.10 Å². The van der Waals surface area contributed by atoms with Gasteiger partial charge in [-0.3, -0.25) is 0 Å². The number of halogens is 1. The van der Waals surface area contributed by atoms with Gasteiger partial charge < -0.3 is 9.64 Å². The molecule has 0 bridgehead atoms. The van der Waals surface area contributed by atoms with Gasteiger partial charge in [0.25, 0.3) is 0 Å². The van der Waals surface area contributed by atoms with Crippen LogP contribution in [-0.4, -0.2) is 43.1 Å². The highest BCUT2D eigenvalue weighted by Crippen LogP contribution is 2.04. The van der Waals surface area contributed by atoms with Gasteiger partial charge in [0, 0.05) is 18.4 Å². The standard InChI is InChI=1S/C6H12BrNO/c1-8-2-3-9-6(4-7)5-8/h6H,2-5H2,1H3/t6-/m1/s1. The van der Waals surface area contributed by atoms with Crippen LogP contribution in [0.5, 0.6) is 0 Å². The van der Waals surface area contributed by atoms with E-state index in [2.05, 4.69) is 27.9 Å². The zero-order valence-electron chi connectivity index (χ0n) is 5.64. The van der Waals surface area contributed by atoms with Gasteiger partial charge in [-0.1, -0.05) is 15.9 Å². The number of likely N-dealkylation sites (N-methyl/N-ethyl adjacent to an activating group) is 1. The van der Waals surface area contributed by atoms with Crippen LogP contribution in [0.1, 0.15) is 0 Å². The van der Waals surface area contributed by atoms with Crippen molar-refractivity contribution in [3.05, 3.63) is 0 Å². The average molecular weight is 194 g/mol. The first-order chi connectivity index (χ1) is 4.33. The van der Waals surface area contributed by atoms with E-state index >= 15 is 0 Å². The smallest absolute Gasteiger partial charge is 0.0799 e. The largest absolute Gasteiger partial charge is 0.375 e. The summed E-state index contributed by atoms with van der Waals surface area (Å²) in [5, 5.41) is 0.956. The normalized spacial score (nSPS) is 30.7. The highest BCUT2D eigenvalue weighted by molar-refractivity contribution is 9.09. The highest BCUT2D eigenvalue weighted by Gasteiger charge is 2.15. The van der Waals surface area contributed by atoms with Crippen LogP contribution in [0, 0.1) is 0 Å². The molecule has 0 saturated carbocycles. The lowest BCUT2D eigenvalue weighted by Crippen LogP contribution is -2.40. The topological polar surface area (TPSA) is 12.5 Å². The third kappa shape index (κ3) is 2.24.